The molecule has 1 rings (SSSR count). The maximum Gasteiger partial charge on any atom is 0.259 e. The normalized spacial score (nSPS) is 10.2. The number of carbonyl (C=O) groups excluding carboxylic acids is 1. The summed E-state index contributed by atoms with van der Waals surface area (Å²) < 4.78 is 0. The molecule has 0 spiro atoms. The highest BCUT2D eigenvalue weighted by atomic mass is 32.1. The molecule has 0 unspecified atom stereocenters. The zero-order valence-electron chi connectivity index (χ0n) is 7.88. The Morgan fingerprint density at radius 2 is 2.31 bits per heavy atom. The third kappa shape index (κ3) is 2.84. The molecule has 0 saturated heterocycles. The van der Waals surface area contributed by atoms with Crippen LogP contribution in [0.2, 0.25) is 0 Å². The largest absolute Gasteiger partial charge is 0.365 e. The molecular formula is C10H15NOS. The summed E-state index contributed by atoms with van der Waals surface area (Å²) in [6.07, 6.45) is 4.55. The van der Waals surface area contributed by atoms with Crippen molar-refractivity contribution in [3.05, 3.63) is 21.9 Å². The number of hydrogen-bond acceptors (Lipinski definition) is 2. The van der Waals surface area contributed by atoms with Crippen LogP contribution < -0.4 is 5.73 Å². The van der Waals surface area contributed by atoms with Gasteiger partial charge in [-0.2, -0.15) is 0 Å². The zero-order valence-corrected chi connectivity index (χ0v) is 8.69. The highest BCUT2D eigenvalue weighted by Gasteiger charge is 2.08. The molecule has 0 atom stereocenters. The first-order valence-electron chi connectivity index (χ1n) is 4.62. The fourth-order valence-corrected chi connectivity index (χ4v) is 2.12. The average molecular weight is 197 g/mol. The highest BCUT2D eigenvalue weighted by molar-refractivity contribution is 7.12. The topological polar surface area (TPSA) is 43.1 Å². The van der Waals surface area contributed by atoms with E-state index in [2.05, 4.69) is 6.92 Å². The van der Waals surface area contributed by atoms with Crippen molar-refractivity contribution < 1.29 is 4.79 Å². The minimum absolute atomic E-state index is 0.290. The molecule has 1 aromatic heterocycles. The molecule has 0 aliphatic rings. The number of aryl methyl sites for hydroxylation is 1. The summed E-state index contributed by atoms with van der Waals surface area (Å²) in [4.78, 5) is 11.7. The second kappa shape index (κ2) is 5.02. The van der Waals surface area contributed by atoms with Crippen LogP contribution in [0.1, 0.15) is 41.4 Å². The zero-order chi connectivity index (χ0) is 9.68. The Balaban J connectivity index is 2.55. The molecule has 2 nitrogen and oxygen atoms in total. The molecule has 1 heterocycles. The van der Waals surface area contributed by atoms with Crippen LogP contribution in [-0.4, -0.2) is 5.91 Å². The maximum atomic E-state index is 10.9. The van der Waals surface area contributed by atoms with Crippen LogP contribution in [-0.2, 0) is 6.42 Å². The van der Waals surface area contributed by atoms with Crippen molar-refractivity contribution in [2.75, 3.05) is 0 Å². The molecule has 1 aromatic rings. The fourth-order valence-electron chi connectivity index (χ4n) is 1.31. The first-order valence-corrected chi connectivity index (χ1v) is 5.49. The van der Waals surface area contributed by atoms with Crippen LogP contribution in [0.15, 0.2) is 11.4 Å². The van der Waals surface area contributed by atoms with E-state index in [0.29, 0.717) is 0 Å². The van der Waals surface area contributed by atoms with E-state index in [-0.39, 0.29) is 5.91 Å². The van der Waals surface area contributed by atoms with E-state index < -0.39 is 0 Å². The molecule has 0 aromatic carbocycles. The summed E-state index contributed by atoms with van der Waals surface area (Å²) in [6.45, 7) is 2.17. The van der Waals surface area contributed by atoms with Gasteiger partial charge < -0.3 is 5.73 Å². The molecule has 0 fully saturated rings. The van der Waals surface area contributed by atoms with Crippen LogP contribution >= 0.6 is 11.3 Å². The Bertz CT molecular complexity index is 280. The molecule has 3 heteroatoms. The lowest BCUT2D eigenvalue weighted by Crippen LogP contribution is -2.10. The molecule has 13 heavy (non-hydrogen) atoms. The van der Waals surface area contributed by atoms with Gasteiger partial charge in [-0.15, -0.1) is 11.3 Å². The van der Waals surface area contributed by atoms with Gasteiger partial charge in [-0.25, -0.2) is 0 Å². The number of unbranched alkanes of at least 4 members (excludes halogenated alkanes) is 2. The summed E-state index contributed by atoms with van der Waals surface area (Å²) in [5.41, 5.74) is 6.35. The van der Waals surface area contributed by atoms with Crippen LogP contribution in [0, 0.1) is 0 Å². The van der Waals surface area contributed by atoms with E-state index in [9.17, 15) is 4.79 Å². The van der Waals surface area contributed by atoms with E-state index in [1.165, 1.54) is 24.2 Å². The minimum atomic E-state index is -0.290. The quantitative estimate of drug-likeness (QED) is 0.724. The first kappa shape index (κ1) is 10.3. The molecule has 0 saturated carbocycles. The maximum absolute atomic E-state index is 10.9. The van der Waals surface area contributed by atoms with E-state index in [1.807, 2.05) is 11.4 Å². The van der Waals surface area contributed by atoms with Crippen LogP contribution in [0.3, 0.4) is 0 Å². The summed E-state index contributed by atoms with van der Waals surface area (Å²) in [7, 11) is 0. The summed E-state index contributed by atoms with van der Waals surface area (Å²) >= 11 is 1.44. The van der Waals surface area contributed by atoms with Crippen molar-refractivity contribution in [3.63, 3.8) is 0 Å². The predicted molar refractivity (Wildman–Crippen MR) is 56.1 cm³/mol. The van der Waals surface area contributed by atoms with Crippen molar-refractivity contribution in [2.45, 2.75) is 32.6 Å². The van der Waals surface area contributed by atoms with Gasteiger partial charge in [0.25, 0.3) is 5.91 Å². The average Bonchev–Trinajstić information content (AvgIpc) is 2.53. The van der Waals surface area contributed by atoms with Crippen molar-refractivity contribution in [2.24, 2.45) is 5.73 Å². The summed E-state index contributed by atoms with van der Waals surface area (Å²) in [5.74, 6) is -0.290. The lowest BCUT2D eigenvalue weighted by Gasteiger charge is -1.99. The lowest BCUT2D eigenvalue weighted by molar-refractivity contribution is 0.100. The third-order valence-corrected chi connectivity index (χ3v) is 2.99. The van der Waals surface area contributed by atoms with Gasteiger partial charge in [0.2, 0.25) is 0 Å². The number of amides is 1. The molecule has 0 bridgehead atoms. The summed E-state index contributed by atoms with van der Waals surface area (Å²) in [5, 5.41) is 1.93. The van der Waals surface area contributed by atoms with E-state index in [4.69, 9.17) is 5.73 Å². The number of thiophene rings is 1. The van der Waals surface area contributed by atoms with Crippen molar-refractivity contribution in [1.82, 2.24) is 0 Å². The monoisotopic (exact) mass is 197 g/mol. The van der Waals surface area contributed by atoms with Gasteiger partial charge in [-0.1, -0.05) is 19.8 Å². The molecule has 0 aliphatic carbocycles. The van der Waals surface area contributed by atoms with Gasteiger partial charge in [-0.3, -0.25) is 4.79 Å². The number of carbonyl (C=O) groups is 1. The van der Waals surface area contributed by atoms with Gasteiger partial charge in [0.05, 0.1) is 4.88 Å². The summed E-state index contributed by atoms with van der Waals surface area (Å²) in [6, 6.07) is 2.00. The van der Waals surface area contributed by atoms with E-state index in [0.717, 1.165) is 23.3 Å². The molecule has 1 amide bonds. The Hall–Kier alpha value is -0.830. The van der Waals surface area contributed by atoms with Crippen molar-refractivity contribution >= 4 is 17.2 Å². The second-order valence-electron chi connectivity index (χ2n) is 3.10. The van der Waals surface area contributed by atoms with Gasteiger partial charge in [-0.05, 0) is 29.9 Å². The Morgan fingerprint density at radius 1 is 1.54 bits per heavy atom. The smallest absolute Gasteiger partial charge is 0.259 e. The molecule has 0 aliphatic heterocycles. The van der Waals surface area contributed by atoms with Gasteiger partial charge in [0.15, 0.2) is 0 Å². The Labute approximate surface area is 82.8 Å². The van der Waals surface area contributed by atoms with Crippen LogP contribution in [0.25, 0.3) is 0 Å². The SMILES string of the molecule is CCCCCc1ccsc1C(N)=O. The second-order valence-corrected chi connectivity index (χ2v) is 4.01. The third-order valence-electron chi connectivity index (χ3n) is 2.02. The van der Waals surface area contributed by atoms with Gasteiger partial charge >= 0.3 is 0 Å². The number of hydrogen-bond donors (Lipinski definition) is 1. The lowest BCUT2D eigenvalue weighted by atomic mass is 10.1. The van der Waals surface area contributed by atoms with Gasteiger partial charge in [0, 0.05) is 0 Å². The molecule has 2 N–H and O–H groups in total. The first-order chi connectivity index (χ1) is 6.25. The van der Waals surface area contributed by atoms with E-state index >= 15 is 0 Å². The van der Waals surface area contributed by atoms with Gasteiger partial charge in [0.1, 0.15) is 0 Å². The number of rotatable bonds is 5. The van der Waals surface area contributed by atoms with Crippen LogP contribution in [0.4, 0.5) is 0 Å². The van der Waals surface area contributed by atoms with Crippen LogP contribution in [0.5, 0.6) is 0 Å². The highest BCUT2D eigenvalue weighted by Crippen LogP contribution is 2.18. The minimum Gasteiger partial charge on any atom is -0.365 e. The van der Waals surface area contributed by atoms with Crippen molar-refractivity contribution in [1.29, 1.82) is 0 Å². The Morgan fingerprint density at radius 3 is 2.92 bits per heavy atom. The van der Waals surface area contributed by atoms with E-state index in [1.54, 1.807) is 0 Å². The molecular weight excluding hydrogens is 182 g/mol. The number of nitrogens with two attached hydrogens (primary N) is 1. The molecule has 72 valence electrons. The fraction of sp³-hybridized carbons (Fsp3) is 0.500. The number of primary amides is 1. The predicted octanol–water partition coefficient (Wildman–Crippen LogP) is 2.58. The molecule has 0 radical (unpaired) electrons. The standard InChI is InChI=1S/C10H15NOS/c1-2-3-4-5-8-6-7-13-9(8)10(11)12/h6-7H,2-5H2,1H3,(H2,11,12). The van der Waals surface area contributed by atoms with Crippen molar-refractivity contribution in [3.8, 4) is 0 Å². The Kier molecular flexibility index (Phi) is 3.96.